The number of aromatic nitrogens is 5. The third-order valence-corrected chi connectivity index (χ3v) is 4.45. The lowest BCUT2D eigenvalue weighted by Gasteiger charge is -2.27. The van der Waals surface area contributed by atoms with Gasteiger partial charge in [0.2, 0.25) is 5.95 Å². The first kappa shape index (κ1) is 13.9. The quantitative estimate of drug-likeness (QED) is 0.658. The number of H-pyrrole nitrogens is 1. The van der Waals surface area contributed by atoms with E-state index in [9.17, 15) is 0 Å². The van der Waals surface area contributed by atoms with E-state index in [1.165, 1.54) is 12.8 Å². The number of hydrogen-bond donors (Lipinski definition) is 1. The average molecular weight is 357 g/mol. The van der Waals surface area contributed by atoms with Gasteiger partial charge in [0, 0.05) is 6.54 Å². The molecule has 0 bridgehead atoms. The third kappa shape index (κ3) is 2.35. The number of fused-ring (bicyclic) bond motifs is 2. The van der Waals surface area contributed by atoms with Gasteiger partial charge in [0.25, 0.3) is 0 Å². The van der Waals surface area contributed by atoms with E-state index in [-0.39, 0.29) is 0 Å². The summed E-state index contributed by atoms with van der Waals surface area (Å²) in [6, 6.07) is 0. The summed E-state index contributed by atoms with van der Waals surface area (Å²) in [5.41, 5.74) is 1.11. The van der Waals surface area contributed by atoms with Crippen LogP contribution in [0.2, 0.25) is 0 Å². The van der Waals surface area contributed by atoms with Gasteiger partial charge in [-0.3, -0.25) is 9.47 Å². The second-order valence-electron chi connectivity index (χ2n) is 4.76. The average Bonchev–Trinajstić information content (AvgIpc) is 3.00. The number of halogens is 1. The largest absolute Gasteiger partial charge is 0.333 e. The molecule has 0 atom stereocenters. The van der Waals surface area contributed by atoms with Crippen molar-refractivity contribution in [2.45, 2.75) is 37.9 Å². The van der Waals surface area contributed by atoms with Crippen molar-refractivity contribution in [1.29, 1.82) is 0 Å². The van der Waals surface area contributed by atoms with Crippen molar-refractivity contribution in [2.24, 2.45) is 0 Å². The minimum Gasteiger partial charge on any atom is -0.333 e. The molecule has 1 N–H and O–H groups in total. The summed E-state index contributed by atoms with van der Waals surface area (Å²) in [7, 11) is 0. The van der Waals surface area contributed by atoms with Gasteiger partial charge in [0.1, 0.15) is 0 Å². The SMILES string of the molecule is CCCCCN1c2nc(Br)[nH]c2Cn2c(SC)nnc21. The van der Waals surface area contributed by atoms with Crippen molar-refractivity contribution in [3.8, 4) is 0 Å². The van der Waals surface area contributed by atoms with Crippen molar-refractivity contribution in [3.05, 3.63) is 10.4 Å². The monoisotopic (exact) mass is 356 g/mol. The van der Waals surface area contributed by atoms with Gasteiger partial charge in [0.05, 0.1) is 12.2 Å². The number of rotatable bonds is 5. The van der Waals surface area contributed by atoms with Gasteiger partial charge >= 0.3 is 0 Å². The summed E-state index contributed by atoms with van der Waals surface area (Å²) in [5.74, 6) is 1.87. The number of nitrogens with one attached hydrogen (secondary N) is 1. The Morgan fingerprint density at radius 1 is 1.35 bits per heavy atom. The molecular formula is C12H17BrN6S. The maximum atomic E-state index is 4.54. The Morgan fingerprint density at radius 3 is 2.95 bits per heavy atom. The van der Waals surface area contributed by atoms with E-state index in [0.29, 0.717) is 0 Å². The summed E-state index contributed by atoms with van der Waals surface area (Å²) in [6.45, 7) is 3.88. The maximum Gasteiger partial charge on any atom is 0.234 e. The van der Waals surface area contributed by atoms with Crippen LogP contribution in [0.15, 0.2) is 9.89 Å². The lowest BCUT2D eigenvalue weighted by molar-refractivity contribution is 0.640. The van der Waals surface area contributed by atoms with Gasteiger partial charge in [-0.05, 0) is 28.6 Å². The highest BCUT2D eigenvalue weighted by Crippen LogP contribution is 2.35. The number of thioether (sulfide) groups is 1. The Hall–Kier alpha value is -1.02. The normalized spacial score (nSPS) is 13.4. The molecule has 108 valence electrons. The molecule has 1 aliphatic heterocycles. The Morgan fingerprint density at radius 2 is 2.20 bits per heavy atom. The molecular weight excluding hydrogens is 340 g/mol. The Labute approximate surface area is 130 Å². The first-order chi connectivity index (χ1) is 9.74. The highest BCUT2D eigenvalue weighted by molar-refractivity contribution is 9.10. The second kappa shape index (κ2) is 5.77. The maximum absolute atomic E-state index is 4.54. The summed E-state index contributed by atoms with van der Waals surface area (Å²) < 4.78 is 2.91. The summed E-state index contributed by atoms with van der Waals surface area (Å²) in [6.07, 6.45) is 5.56. The molecule has 2 aromatic rings. The smallest absolute Gasteiger partial charge is 0.234 e. The molecule has 0 radical (unpaired) electrons. The number of aromatic amines is 1. The molecule has 0 fully saturated rings. The standard InChI is InChI=1S/C12H17BrN6S/c1-3-4-5-6-18-9-8(14-10(13)15-9)7-19-11(18)16-17-12(19)20-2/h3-7H2,1-2H3,(H,14,15). The van der Waals surface area contributed by atoms with Gasteiger partial charge in [-0.15, -0.1) is 10.2 Å². The van der Waals surface area contributed by atoms with Crippen LogP contribution in [0, 0.1) is 0 Å². The topological polar surface area (TPSA) is 62.6 Å². The highest BCUT2D eigenvalue weighted by Gasteiger charge is 2.29. The van der Waals surface area contributed by atoms with Crippen molar-refractivity contribution in [1.82, 2.24) is 24.7 Å². The molecule has 0 aromatic carbocycles. The lowest BCUT2D eigenvalue weighted by Crippen LogP contribution is -2.28. The van der Waals surface area contributed by atoms with Crippen molar-refractivity contribution < 1.29 is 0 Å². The van der Waals surface area contributed by atoms with Crippen LogP contribution in [0.3, 0.4) is 0 Å². The zero-order valence-corrected chi connectivity index (χ0v) is 14.0. The van der Waals surface area contributed by atoms with Crippen LogP contribution in [-0.4, -0.2) is 37.5 Å². The van der Waals surface area contributed by atoms with E-state index in [0.717, 1.165) is 46.9 Å². The summed E-state index contributed by atoms with van der Waals surface area (Å²) in [4.78, 5) is 9.99. The van der Waals surface area contributed by atoms with E-state index >= 15 is 0 Å². The number of imidazole rings is 1. The van der Waals surface area contributed by atoms with Crippen LogP contribution in [0.1, 0.15) is 31.9 Å². The fraction of sp³-hybridized carbons (Fsp3) is 0.583. The van der Waals surface area contributed by atoms with Gasteiger partial charge in [-0.25, -0.2) is 4.98 Å². The van der Waals surface area contributed by atoms with Crippen LogP contribution in [0.25, 0.3) is 0 Å². The number of nitrogens with zero attached hydrogens (tertiary/aromatic N) is 5. The van der Waals surface area contributed by atoms with E-state index in [4.69, 9.17) is 0 Å². The molecule has 8 heteroatoms. The predicted molar refractivity (Wildman–Crippen MR) is 83.7 cm³/mol. The molecule has 0 saturated heterocycles. The van der Waals surface area contributed by atoms with Crippen LogP contribution in [-0.2, 0) is 6.54 Å². The Bertz CT molecular complexity index is 607. The Balaban J connectivity index is 1.97. The molecule has 20 heavy (non-hydrogen) atoms. The molecule has 0 spiro atoms. The Kier molecular flexibility index (Phi) is 4.02. The van der Waals surface area contributed by atoms with E-state index < -0.39 is 0 Å². The minimum atomic E-state index is 0.747. The van der Waals surface area contributed by atoms with Crippen LogP contribution in [0.4, 0.5) is 11.8 Å². The molecule has 3 rings (SSSR count). The molecule has 3 heterocycles. The lowest BCUT2D eigenvalue weighted by atomic mass is 10.2. The molecule has 1 aliphatic rings. The van der Waals surface area contributed by atoms with Gasteiger partial charge in [-0.2, -0.15) is 0 Å². The first-order valence-electron chi connectivity index (χ1n) is 6.73. The zero-order valence-electron chi connectivity index (χ0n) is 11.6. The number of anilines is 2. The molecule has 0 saturated carbocycles. The van der Waals surface area contributed by atoms with E-state index in [1.54, 1.807) is 11.8 Å². The third-order valence-electron chi connectivity index (χ3n) is 3.41. The summed E-state index contributed by atoms with van der Waals surface area (Å²) >= 11 is 5.05. The fourth-order valence-corrected chi connectivity index (χ4v) is 3.35. The first-order valence-corrected chi connectivity index (χ1v) is 8.75. The van der Waals surface area contributed by atoms with E-state index in [2.05, 4.69) is 52.5 Å². The minimum absolute atomic E-state index is 0.747. The zero-order chi connectivity index (χ0) is 14.1. The van der Waals surface area contributed by atoms with Crippen molar-refractivity contribution in [2.75, 3.05) is 17.7 Å². The molecule has 6 nitrogen and oxygen atoms in total. The van der Waals surface area contributed by atoms with Crippen molar-refractivity contribution >= 4 is 39.5 Å². The second-order valence-corrected chi connectivity index (χ2v) is 6.29. The van der Waals surface area contributed by atoms with Gasteiger partial charge < -0.3 is 4.98 Å². The number of hydrogen-bond acceptors (Lipinski definition) is 5. The van der Waals surface area contributed by atoms with E-state index in [1.807, 2.05) is 6.26 Å². The van der Waals surface area contributed by atoms with Gasteiger partial charge in [-0.1, -0.05) is 31.5 Å². The highest BCUT2D eigenvalue weighted by atomic mass is 79.9. The molecule has 0 aliphatic carbocycles. The fourth-order valence-electron chi connectivity index (χ4n) is 2.45. The van der Waals surface area contributed by atoms with Crippen LogP contribution in [0.5, 0.6) is 0 Å². The number of unbranched alkanes of at least 4 members (excludes halogenated alkanes) is 2. The molecule has 2 aromatic heterocycles. The van der Waals surface area contributed by atoms with Crippen LogP contribution >= 0.6 is 27.7 Å². The van der Waals surface area contributed by atoms with Crippen molar-refractivity contribution in [3.63, 3.8) is 0 Å². The van der Waals surface area contributed by atoms with Gasteiger partial charge in [0.15, 0.2) is 15.7 Å². The molecule has 0 unspecified atom stereocenters. The molecule has 0 amide bonds. The van der Waals surface area contributed by atoms with Crippen LogP contribution < -0.4 is 4.90 Å². The summed E-state index contributed by atoms with van der Waals surface area (Å²) in [5, 5.41) is 9.55. The predicted octanol–water partition coefficient (Wildman–Crippen LogP) is 3.18.